The van der Waals surface area contributed by atoms with Crippen molar-refractivity contribution >= 4 is 11.3 Å². The molecule has 0 aliphatic carbocycles. The number of thiazole rings is 1. The molecule has 1 aliphatic rings. The third kappa shape index (κ3) is 5.30. The molecule has 2 aromatic heterocycles. The van der Waals surface area contributed by atoms with Crippen LogP contribution in [0.4, 0.5) is 0 Å². The molecule has 1 saturated heterocycles. The molecule has 0 saturated carbocycles. The standard InChI is InChI=1S/C25H27N3O5S/c1-25(32-12-13-33-25)11-7-10-20-27-19(16-34-20)21-23(29-2)24(30-3)22(18(14-26)28-21)31-15-17-8-5-4-6-9-17/h4-6,8-9,16H,7,10-13,15H2,1-3H3. The molecule has 178 valence electrons. The molecule has 4 rings (SSSR count). The van der Waals surface area contributed by atoms with E-state index in [2.05, 4.69) is 11.1 Å². The highest BCUT2D eigenvalue weighted by Crippen LogP contribution is 2.45. The van der Waals surface area contributed by atoms with Gasteiger partial charge in [-0.3, -0.25) is 0 Å². The Bertz CT molecular complexity index is 1150. The Kier molecular flexibility index (Phi) is 7.63. The second-order valence-corrected chi connectivity index (χ2v) is 8.84. The van der Waals surface area contributed by atoms with Crippen molar-refractivity contribution in [1.29, 1.82) is 5.26 Å². The fraction of sp³-hybridized carbons (Fsp3) is 0.400. The lowest BCUT2D eigenvalue weighted by atomic mass is 10.1. The van der Waals surface area contributed by atoms with Gasteiger partial charge in [0.2, 0.25) is 11.5 Å². The van der Waals surface area contributed by atoms with Crippen LogP contribution in [-0.4, -0.2) is 43.2 Å². The number of hydrogen-bond acceptors (Lipinski definition) is 9. The fourth-order valence-corrected chi connectivity index (χ4v) is 4.64. The summed E-state index contributed by atoms with van der Waals surface area (Å²) in [4.78, 5) is 9.27. The van der Waals surface area contributed by atoms with Crippen molar-refractivity contribution in [2.75, 3.05) is 27.4 Å². The van der Waals surface area contributed by atoms with Gasteiger partial charge >= 0.3 is 0 Å². The highest BCUT2D eigenvalue weighted by molar-refractivity contribution is 7.09. The first-order valence-electron chi connectivity index (χ1n) is 11.0. The van der Waals surface area contributed by atoms with E-state index in [4.69, 9.17) is 28.7 Å². The van der Waals surface area contributed by atoms with Gasteiger partial charge in [-0.1, -0.05) is 30.3 Å². The minimum absolute atomic E-state index is 0.113. The van der Waals surface area contributed by atoms with Crippen molar-refractivity contribution in [3.63, 3.8) is 0 Å². The zero-order valence-electron chi connectivity index (χ0n) is 19.5. The number of hydrogen-bond donors (Lipinski definition) is 0. The summed E-state index contributed by atoms with van der Waals surface area (Å²) >= 11 is 1.54. The molecule has 0 amide bonds. The van der Waals surface area contributed by atoms with Gasteiger partial charge in [0, 0.05) is 11.8 Å². The molecule has 0 radical (unpaired) electrons. The van der Waals surface area contributed by atoms with Crippen LogP contribution >= 0.6 is 11.3 Å². The predicted molar refractivity (Wildman–Crippen MR) is 127 cm³/mol. The molecule has 0 unspecified atom stereocenters. The maximum Gasteiger partial charge on any atom is 0.208 e. The Morgan fingerprint density at radius 2 is 1.79 bits per heavy atom. The molecular formula is C25H27N3O5S. The lowest BCUT2D eigenvalue weighted by molar-refractivity contribution is -0.147. The highest BCUT2D eigenvalue weighted by atomic mass is 32.1. The van der Waals surface area contributed by atoms with Gasteiger partial charge in [-0.15, -0.1) is 11.3 Å². The molecule has 1 fully saturated rings. The van der Waals surface area contributed by atoms with Gasteiger partial charge < -0.3 is 23.7 Å². The monoisotopic (exact) mass is 481 g/mol. The smallest absolute Gasteiger partial charge is 0.208 e. The van der Waals surface area contributed by atoms with Crippen molar-refractivity contribution in [1.82, 2.24) is 9.97 Å². The predicted octanol–water partition coefficient (Wildman–Crippen LogP) is 4.76. The third-order valence-electron chi connectivity index (χ3n) is 5.52. The number of benzene rings is 1. The van der Waals surface area contributed by atoms with E-state index in [1.807, 2.05) is 42.6 Å². The topological polar surface area (TPSA) is 95.7 Å². The van der Waals surface area contributed by atoms with Crippen LogP contribution < -0.4 is 14.2 Å². The maximum atomic E-state index is 9.79. The largest absolute Gasteiger partial charge is 0.491 e. The summed E-state index contributed by atoms with van der Waals surface area (Å²) in [5.41, 5.74) is 2.14. The van der Waals surface area contributed by atoms with Gasteiger partial charge in [-0.2, -0.15) is 5.26 Å². The molecule has 0 spiro atoms. The number of aromatic nitrogens is 2. The quantitative estimate of drug-likeness (QED) is 0.409. The minimum Gasteiger partial charge on any atom is -0.491 e. The number of nitriles is 1. The Balaban J connectivity index is 1.56. The molecule has 1 aromatic carbocycles. The Labute approximate surface area is 203 Å². The first-order valence-corrected chi connectivity index (χ1v) is 11.9. The molecule has 3 aromatic rings. The highest BCUT2D eigenvalue weighted by Gasteiger charge is 2.30. The van der Waals surface area contributed by atoms with Crippen LogP contribution in [0.2, 0.25) is 0 Å². The normalized spacial score (nSPS) is 14.5. The maximum absolute atomic E-state index is 9.79. The first kappa shape index (κ1) is 24.0. The summed E-state index contributed by atoms with van der Waals surface area (Å²) < 4.78 is 28.5. The van der Waals surface area contributed by atoms with Crippen molar-refractivity contribution < 1.29 is 23.7 Å². The number of ether oxygens (including phenoxy) is 5. The van der Waals surface area contributed by atoms with E-state index in [1.165, 1.54) is 14.2 Å². The molecule has 9 heteroatoms. The number of rotatable bonds is 10. The molecule has 8 nitrogen and oxygen atoms in total. The molecule has 0 bridgehead atoms. The van der Waals surface area contributed by atoms with Crippen LogP contribution in [0.1, 0.15) is 36.0 Å². The average molecular weight is 482 g/mol. The lowest BCUT2D eigenvalue weighted by Crippen LogP contribution is -2.25. The minimum atomic E-state index is -0.504. The van der Waals surface area contributed by atoms with Gasteiger partial charge in [0.05, 0.1) is 32.4 Å². The van der Waals surface area contributed by atoms with Gasteiger partial charge in [-0.05, 0) is 25.3 Å². The third-order valence-corrected chi connectivity index (χ3v) is 6.43. The summed E-state index contributed by atoms with van der Waals surface area (Å²) in [5, 5.41) is 12.7. The van der Waals surface area contributed by atoms with Crippen LogP contribution in [0.5, 0.6) is 17.2 Å². The number of nitrogens with zero attached hydrogens (tertiary/aromatic N) is 3. The van der Waals surface area contributed by atoms with Gasteiger partial charge in [0.15, 0.2) is 17.2 Å². The average Bonchev–Trinajstić information content (AvgIpc) is 3.51. The molecule has 0 N–H and O–H groups in total. The molecule has 1 aliphatic heterocycles. The zero-order chi connectivity index (χ0) is 24.0. The SMILES string of the molecule is COc1c(-c2csc(CCCC3(C)OCCO3)n2)nc(C#N)c(OCc2ccccc2)c1OC. The van der Waals surface area contributed by atoms with Crippen LogP contribution in [0.25, 0.3) is 11.4 Å². The van der Waals surface area contributed by atoms with E-state index in [0.29, 0.717) is 36.1 Å². The molecule has 3 heterocycles. The Hall–Kier alpha value is -3.19. The van der Waals surface area contributed by atoms with Crippen LogP contribution in [0.15, 0.2) is 35.7 Å². The summed E-state index contributed by atoms with van der Waals surface area (Å²) in [7, 11) is 3.05. The number of aryl methyl sites for hydroxylation is 1. The first-order chi connectivity index (χ1) is 16.6. The van der Waals surface area contributed by atoms with Gasteiger partial charge in [-0.25, -0.2) is 9.97 Å². The van der Waals surface area contributed by atoms with Crippen molar-refractivity contribution in [2.45, 2.75) is 38.6 Å². The van der Waals surface area contributed by atoms with Crippen LogP contribution in [0.3, 0.4) is 0 Å². The van der Waals surface area contributed by atoms with Crippen molar-refractivity contribution in [3.05, 3.63) is 52.0 Å². The summed E-state index contributed by atoms with van der Waals surface area (Å²) in [6.45, 7) is 3.51. The van der Waals surface area contributed by atoms with Gasteiger partial charge in [0.25, 0.3) is 0 Å². The van der Waals surface area contributed by atoms with E-state index in [9.17, 15) is 5.26 Å². The zero-order valence-corrected chi connectivity index (χ0v) is 20.3. The van der Waals surface area contributed by atoms with Gasteiger partial charge in [0.1, 0.15) is 24.1 Å². The lowest BCUT2D eigenvalue weighted by Gasteiger charge is -2.21. The van der Waals surface area contributed by atoms with E-state index < -0.39 is 5.79 Å². The molecule has 34 heavy (non-hydrogen) atoms. The van der Waals surface area contributed by atoms with Crippen LogP contribution in [0, 0.1) is 11.3 Å². The summed E-state index contributed by atoms with van der Waals surface area (Å²) in [6.07, 6.45) is 2.46. The van der Waals surface area contributed by atoms with E-state index in [-0.39, 0.29) is 18.1 Å². The Morgan fingerprint density at radius 3 is 2.47 bits per heavy atom. The summed E-state index contributed by atoms with van der Waals surface area (Å²) in [5.74, 6) is 0.435. The van der Waals surface area contributed by atoms with E-state index in [1.54, 1.807) is 11.3 Å². The second-order valence-electron chi connectivity index (χ2n) is 7.90. The second kappa shape index (κ2) is 10.8. The molecular weight excluding hydrogens is 454 g/mol. The number of pyridine rings is 1. The summed E-state index contributed by atoms with van der Waals surface area (Å²) in [6, 6.07) is 11.8. The molecule has 0 atom stereocenters. The Morgan fingerprint density at radius 1 is 1.06 bits per heavy atom. The van der Waals surface area contributed by atoms with Crippen molar-refractivity contribution in [2.24, 2.45) is 0 Å². The fourth-order valence-electron chi connectivity index (χ4n) is 3.82. The van der Waals surface area contributed by atoms with Crippen LogP contribution in [-0.2, 0) is 22.5 Å². The van der Waals surface area contributed by atoms with E-state index >= 15 is 0 Å². The number of methoxy groups -OCH3 is 2. The van der Waals surface area contributed by atoms with E-state index in [0.717, 1.165) is 29.8 Å². The van der Waals surface area contributed by atoms with Crippen molar-refractivity contribution in [3.8, 4) is 34.7 Å².